The molecular weight excluding hydrogens is 248 g/mol. The van der Waals surface area contributed by atoms with Gasteiger partial charge >= 0.3 is 0 Å². The van der Waals surface area contributed by atoms with Crippen molar-refractivity contribution in [2.24, 2.45) is 0 Å². The zero-order valence-corrected chi connectivity index (χ0v) is 11.1. The Morgan fingerprint density at radius 1 is 1.37 bits per heavy atom. The van der Waals surface area contributed by atoms with Gasteiger partial charge in [-0.05, 0) is 6.42 Å². The van der Waals surface area contributed by atoms with Crippen LogP contribution in [-0.4, -0.2) is 42.7 Å². The summed E-state index contributed by atoms with van der Waals surface area (Å²) in [5.41, 5.74) is 0.782. The summed E-state index contributed by atoms with van der Waals surface area (Å²) in [6.45, 7) is 1.17. The van der Waals surface area contributed by atoms with Crippen molar-refractivity contribution in [2.45, 2.75) is 25.4 Å². The molecule has 0 aromatic carbocycles. The lowest BCUT2D eigenvalue weighted by Crippen LogP contribution is -2.45. The van der Waals surface area contributed by atoms with Crippen molar-refractivity contribution in [3.05, 3.63) is 11.9 Å². The molecule has 0 bridgehead atoms. The van der Waals surface area contributed by atoms with Crippen LogP contribution in [0.5, 0.6) is 11.8 Å². The van der Waals surface area contributed by atoms with Crippen LogP contribution in [0.3, 0.4) is 0 Å². The van der Waals surface area contributed by atoms with E-state index < -0.39 is 0 Å². The minimum Gasteiger partial charge on any atom is -0.481 e. The molecule has 1 aromatic heterocycles. The number of piperidine rings is 1. The molecule has 1 aliphatic heterocycles. The first kappa shape index (κ1) is 13.5. The summed E-state index contributed by atoms with van der Waals surface area (Å²) >= 11 is 0. The zero-order valence-electron chi connectivity index (χ0n) is 11.1. The van der Waals surface area contributed by atoms with Gasteiger partial charge < -0.3 is 20.1 Å². The molecule has 1 fully saturated rings. The van der Waals surface area contributed by atoms with Gasteiger partial charge in [-0.25, -0.2) is 9.97 Å². The number of hydrogen-bond donors (Lipinski definition) is 2. The Labute approximate surface area is 111 Å². The molecule has 1 aromatic rings. The minimum atomic E-state index is 0.108. The van der Waals surface area contributed by atoms with E-state index in [-0.39, 0.29) is 11.9 Å². The van der Waals surface area contributed by atoms with Crippen molar-refractivity contribution in [3.8, 4) is 11.8 Å². The number of carbonyl (C=O) groups is 1. The zero-order chi connectivity index (χ0) is 13.7. The fraction of sp³-hybridized carbons (Fsp3) is 0.583. The molecule has 1 saturated heterocycles. The standard InChI is InChI=1S/C12H18N4O3/c1-18-11-9(12(19-2)16-7-15-11)6-13-8-3-4-10(17)14-5-8/h7-8,13H,3-6H2,1-2H3,(H,14,17). The van der Waals surface area contributed by atoms with E-state index in [2.05, 4.69) is 20.6 Å². The molecule has 2 heterocycles. The summed E-state index contributed by atoms with van der Waals surface area (Å²) in [4.78, 5) is 19.2. The first-order valence-electron chi connectivity index (χ1n) is 6.16. The summed E-state index contributed by atoms with van der Waals surface area (Å²) in [6.07, 6.45) is 2.78. The van der Waals surface area contributed by atoms with E-state index in [1.807, 2.05) is 0 Å². The smallest absolute Gasteiger partial charge is 0.224 e. The van der Waals surface area contributed by atoms with Crippen molar-refractivity contribution in [2.75, 3.05) is 20.8 Å². The highest BCUT2D eigenvalue weighted by Gasteiger charge is 2.19. The Kier molecular flexibility index (Phi) is 4.51. The number of amides is 1. The molecule has 1 atom stereocenters. The van der Waals surface area contributed by atoms with Crippen LogP contribution in [0.1, 0.15) is 18.4 Å². The maximum Gasteiger partial charge on any atom is 0.224 e. The third kappa shape index (κ3) is 3.31. The van der Waals surface area contributed by atoms with Gasteiger partial charge in [-0.15, -0.1) is 0 Å². The van der Waals surface area contributed by atoms with Crippen LogP contribution in [0.25, 0.3) is 0 Å². The van der Waals surface area contributed by atoms with Crippen LogP contribution in [0.4, 0.5) is 0 Å². The monoisotopic (exact) mass is 266 g/mol. The third-order valence-electron chi connectivity index (χ3n) is 3.09. The Morgan fingerprint density at radius 3 is 2.58 bits per heavy atom. The highest BCUT2D eigenvalue weighted by molar-refractivity contribution is 5.76. The molecule has 104 valence electrons. The summed E-state index contributed by atoms with van der Waals surface area (Å²) in [6, 6.07) is 0.243. The lowest BCUT2D eigenvalue weighted by Gasteiger charge is -2.24. The van der Waals surface area contributed by atoms with Crippen LogP contribution >= 0.6 is 0 Å². The summed E-state index contributed by atoms with van der Waals surface area (Å²) in [5, 5.41) is 6.18. The van der Waals surface area contributed by atoms with Crippen molar-refractivity contribution in [1.29, 1.82) is 0 Å². The van der Waals surface area contributed by atoms with Gasteiger partial charge in [-0.3, -0.25) is 4.79 Å². The number of ether oxygens (including phenoxy) is 2. The maximum absolute atomic E-state index is 11.1. The van der Waals surface area contributed by atoms with Crippen LogP contribution in [-0.2, 0) is 11.3 Å². The van der Waals surface area contributed by atoms with E-state index in [0.29, 0.717) is 31.3 Å². The molecule has 7 nitrogen and oxygen atoms in total. The van der Waals surface area contributed by atoms with E-state index in [1.54, 1.807) is 14.2 Å². The summed E-state index contributed by atoms with van der Waals surface area (Å²) < 4.78 is 10.4. The molecular formula is C12H18N4O3. The van der Waals surface area contributed by atoms with Gasteiger partial charge in [-0.1, -0.05) is 0 Å². The van der Waals surface area contributed by atoms with Crippen molar-refractivity contribution in [3.63, 3.8) is 0 Å². The van der Waals surface area contributed by atoms with Gasteiger partial charge in [0.1, 0.15) is 6.33 Å². The molecule has 1 amide bonds. The van der Waals surface area contributed by atoms with E-state index in [0.717, 1.165) is 12.0 Å². The highest BCUT2D eigenvalue weighted by Crippen LogP contribution is 2.23. The molecule has 0 aliphatic carbocycles. The van der Waals surface area contributed by atoms with Crippen LogP contribution in [0.2, 0.25) is 0 Å². The Hall–Kier alpha value is -1.89. The molecule has 2 N–H and O–H groups in total. The van der Waals surface area contributed by atoms with Gasteiger partial charge in [0.05, 0.1) is 19.8 Å². The molecule has 0 spiro atoms. The first-order chi connectivity index (χ1) is 9.24. The average Bonchev–Trinajstić information content (AvgIpc) is 2.46. The summed E-state index contributed by atoms with van der Waals surface area (Å²) in [5.74, 6) is 1.11. The van der Waals surface area contributed by atoms with Crippen LogP contribution in [0.15, 0.2) is 6.33 Å². The highest BCUT2D eigenvalue weighted by atomic mass is 16.5. The van der Waals surface area contributed by atoms with Crippen LogP contribution < -0.4 is 20.1 Å². The van der Waals surface area contributed by atoms with Gasteiger partial charge in [-0.2, -0.15) is 0 Å². The maximum atomic E-state index is 11.1. The average molecular weight is 266 g/mol. The van der Waals surface area contributed by atoms with Crippen molar-refractivity contribution in [1.82, 2.24) is 20.6 Å². The molecule has 2 rings (SSSR count). The van der Waals surface area contributed by atoms with Crippen molar-refractivity contribution < 1.29 is 14.3 Å². The lowest BCUT2D eigenvalue weighted by molar-refractivity contribution is -0.122. The Morgan fingerprint density at radius 2 is 2.05 bits per heavy atom. The number of hydrogen-bond acceptors (Lipinski definition) is 6. The topological polar surface area (TPSA) is 85.4 Å². The fourth-order valence-corrected chi connectivity index (χ4v) is 2.04. The molecule has 1 aliphatic rings. The number of nitrogens with zero attached hydrogens (tertiary/aromatic N) is 2. The number of nitrogens with one attached hydrogen (secondary N) is 2. The number of rotatable bonds is 5. The lowest BCUT2D eigenvalue weighted by atomic mass is 10.1. The van der Waals surface area contributed by atoms with E-state index in [1.165, 1.54) is 6.33 Å². The largest absolute Gasteiger partial charge is 0.481 e. The molecule has 19 heavy (non-hydrogen) atoms. The predicted octanol–water partition coefficient (Wildman–Crippen LogP) is -0.138. The fourth-order valence-electron chi connectivity index (χ4n) is 2.04. The molecule has 7 heteroatoms. The Balaban J connectivity index is 2.00. The predicted molar refractivity (Wildman–Crippen MR) is 68.0 cm³/mol. The summed E-state index contributed by atoms with van der Waals surface area (Å²) in [7, 11) is 3.12. The van der Waals surface area contributed by atoms with Crippen LogP contribution in [0, 0.1) is 0 Å². The van der Waals surface area contributed by atoms with E-state index in [4.69, 9.17) is 9.47 Å². The van der Waals surface area contributed by atoms with Gasteiger partial charge in [0.15, 0.2) is 0 Å². The molecule has 0 saturated carbocycles. The number of methoxy groups -OCH3 is 2. The Bertz CT molecular complexity index is 420. The second-order valence-corrected chi connectivity index (χ2v) is 4.29. The van der Waals surface area contributed by atoms with Gasteiger partial charge in [0.25, 0.3) is 0 Å². The second kappa shape index (κ2) is 6.33. The van der Waals surface area contributed by atoms with Gasteiger partial charge in [0, 0.05) is 25.6 Å². The van der Waals surface area contributed by atoms with E-state index in [9.17, 15) is 4.79 Å². The quantitative estimate of drug-likeness (QED) is 0.771. The first-order valence-corrected chi connectivity index (χ1v) is 6.16. The normalized spacial score (nSPS) is 18.8. The number of aromatic nitrogens is 2. The second-order valence-electron chi connectivity index (χ2n) is 4.29. The van der Waals surface area contributed by atoms with E-state index >= 15 is 0 Å². The SMILES string of the molecule is COc1ncnc(OC)c1CNC1CCC(=O)NC1. The van der Waals surface area contributed by atoms with Gasteiger partial charge in [0.2, 0.25) is 17.7 Å². The van der Waals surface area contributed by atoms with Crippen molar-refractivity contribution >= 4 is 5.91 Å². The molecule has 1 unspecified atom stereocenters. The third-order valence-corrected chi connectivity index (χ3v) is 3.09. The molecule has 0 radical (unpaired) electrons. The minimum absolute atomic E-state index is 0.108. The number of carbonyl (C=O) groups excluding carboxylic acids is 1.